The van der Waals surface area contributed by atoms with Crippen LogP contribution >= 0.6 is 23.2 Å². The molecule has 0 N–H and O–H groups in total. The first-order chi connectivity index (χ1) is 10.6. The first-order valence-electron chi connectivity index (χ1n) is 6.07. The number of benzene rings is 1. The SMILES string of the molecule is COC(=C(C#N)c1cc(Cl)c(N=CN(C)C)c(Cl)c1)C(F)(F)F. The fourth-order valence-corrected chi connectivity index (χ4v) is 2.20. The third-order valence-corrected chi connectivity index (χ3v) is 3.10. The van der Waals surface area contributed by atoms with Crippen LogP contribution in [0.3, 0.4) is 0 Å². The van der Waals surface area contributed by atoms with E-state index < -0.39 is 17.5 Å². The fourth-order valence-electron chi connectivity index (χ4n) is 1.61. The molecule has 0 atom stereocenters. The molecule has 23 heavy (non-hydrogen) atoms. The fraction of sp³-hybridized carbons (Fsp3) is 0.286. The van der Waals surface area contributed by atoms with Crippen LogP contribution in [0.2, 0.25) is 10.0 Å². The van der Waals surface area contributed by atoms with Crippen LogP contribution in [0.15, 0.2) is 22.9 Å². The summed E-state index contributed by atoms with van der Waals surface area (Å²) >= 11 is 12.0. The number of rotatable bonds is 4. The van der Waals surface area contributed by atoms with Crippen molar-refractivity contribution in [3.05, 3.63) is 33.5 Å². The first-order valence-corrected chi connectivity index (χ1v) is 6.83. The molecule has 0 aromatic heterocycles. The molecule has 4 nitrogen and oxygen atoms in total. The maximum absolute atomic E-state index is 12.9. The predicted molar refractivity (Wildman–Crippen MR) is 83.9 cm³/mol. The van der Waals surface area contributed by atoms with Gasteiger partial charge in [-0.05, 0) is 17.7 Å². The van der Waals surface area contributed by atoms with Gasteiger partial charge in [0, 0.05) is 14.1 Å². The summed E-state index contributed by atoms with van der Waals surface area (Å²) < 4.78 is 43.0. The van der Waals surface area contributed by atoms with Crippen molar-refractivity contribution >= 4 is 40.8 Å². The van der Waals surface area contributed by atoms with E-state index in [-0.39, 0.29) is 21.3 Å². The highest BCUT2D eigenvalue weighted by atomic mass is 35.5. The van der Waals surface area contributed by atoms with Crippen molar-refractivity contribution in [2.75, 3.05) is 21.2 Å². The summed E-state index contributed by atoms with van der Waals surface area (Å²) in [4.78, 5) is 5.66. The molecule has 0 unspecified atom stereocenters. The Labute approximate surface area is 141 Å². The normalized spacial score (nSPS) is 12.8. The zero-order chi connectivity index (χ0) is 17.8. The van der Waals surface area contributed by atoms with Gasteiger partial charge in [0.25, 0.3) is 0 Å². The van der Waals surface area contributed by atoms with Crippen molar-refractivity contribution in [3.8, 4) is 6.07 Å². The van der Waals surface area contributed by atoms with Crippen LogP contribution in [0.1, 0.15) is 5.56 Å². The molecule has 0 fully saturated rings. The van der Waals surface area contributed by atoms with Crippen molar-refractivity contribution in [2.45, 2.75) is 6.18 Å². The number of aliphatic imine (C=N–C) groups is 1. The largest absolute Gasteiger partial charge is 0.491 e. The number of allylic oxidation sites excluding steroid dienone is 2. The average Bonchev–Trinajstić information content (AvgIpc) is 2.41. The summed E-state index contributed by atoms with van der Waals surface area (Å²) in [5, 5.41) is 9.08. The lowest BCUT2D eigenvalue weighted by Gasteiger charge is -2.13. The molecule has 124 valence electrons. The molecule has 0 amide bonds. The van der Waals surface area contributed by atoms with Gasteiger partial charge in [0.15, 0.2) is 0 Å². The van der Waals surface area contributed by atoms with Crippen LogP contribution in [-0.2, 0) is 4.74 Å². The van der Waals surface area contributed by atoms with Crippen molar-refractivity contribution in [1.82, 2.24) is 4.90 Å². The van der Waals surface area contributed by atoms with Gasteiger partial charge in [-0.1, -0.05) is 23.2 Å². The van der Waals surface area contributed by atoms with E-state index in [2.05, 4.69) is 9.73 Å². The van der Waals surface area contributed by atoms with Crippen LogP contribution in [0, 0.1) is 11.3 Å². The van der Waals surface area contributed by atoms with E-state index in [9.17, 15) is 13.2 Å². The third kappa shape index (κ3) is 4.78. The van der Waals surface area contributed by atoms with Crippen molar-refractivity contribution in [3.63, 3.8) is 0 Å². The second-order valence-corrected chi connectivity index (χ2v) is 5.33. The van der Waals surface area contributed by atoms with Crippen LogP contribution in [-0.4, -0.2) is 38.6 Å². The average molecular weight is 366 g/mol. The molecule has 0 aliphatic carbocycles. The summed E-state index contributed by atoms with van der Waals surface area (Å²) in [5.41, 5.74) is -0.638. The number of ether oxygens (including phenoxy) is 1. The molecule has 0 saturated heterocycles. The first kappa shape index (κ1) is 19.1. The maximum atomic E-state index is 12.9. The summed E-state index contributed by atoms with van der Waals surface area (Å²) in [5.74, 6) is -1.42. The Morgan fingerprint density at radius 3 is 2.17 bits per heavy atom. The molecule has 1 rings (SSSR count). The molecular formula is C14H12Cl2F3N3O. The molecule has 0 aliphatic rings. The molecular weight excluding hydrogens is 354 g/mol. The van der Waals surface area contributed by atoms with Gasteiger partial charge in [-0.15, -0.1) is 0 Å². The van der Waals surface area contributed by atoms with Gasteiger partial charge in [0.05, 0.1) is 23.5 Å². The minimum atomic E-state index is -4.82. The Balaban J connectivity index is 3.51. The number of nitrogens with zero attached hydrogens (tertiary/aromatic N) is 3. The van der Waals surface area contributed by atoms with Gasteiger partial charge in [-0.3, -0.25) is 0 Å². The Morgan fingerprint density at radius 2 is 1.83 bits per heavy atom. The molecule has 0 heterocycles. The number of hydrogen-bond donors (Lipinski definition) is 0. The van der Waals surface area contributed by atoms with Gasteiger partial charge in [-0.25, -0.2) is 4.99 Å². The maximum Gasteiger partial charge on any atom is 0.450 e. The zero-order valence-corrected chi connectivity index (χ0v) is 13.9. The molecule has 0 saturated carbocycles. The highest BCUT2D eigenvalue weighted by Crippen LogP contribution is 2.39. The zero-order valence-electron chi connectivity index (χ0n) is 12.4. The number of nitriles is 1. The van der Waals surface area contributed by atoms with Gasteiger partial charge < -0.3 is 9.64 Å². The highest BCUT2D eigenvalue weighted by molar-refractivity contribution is 6.39. The van der Waals surface area contributed by atoms with E-state index >= 15 is 0 Å². The predicted octanol–water partition coefficient (Wildman–Crippen LogP) is 4.66. The van der Waals surface area contributed by atoms with Crippen molar-refractivity contribution in [2.24, 2.45) is 4.99 Å². The molecule has 9 heteroatoms. The molecule has 1 aromatic rings. The summed E-state index contributed by atoms with van der Waals surface area (Å²) in [6.07, 6.45) is -3.38. The highest BCUT2D eigenvalue weighted by Gasteiger charge is 2.39. The van der Waals surface area contributed by atoms with E-state index in [4.69, 9.17) is 28.5 Å². The van der Waals surface area contributed by atoms with Crippen LogP contribution in [0.25, 0.3) is 5.57 Å². The molecule has 0 spiro atoms. The minimum Gasteiger partial charge on any atom is -0.491 e. The van der Waals surface area contributed by atoms with Crippen molar-refractivity contribution < 1.29 is 17.9 Å². The standard InChI is InChI=1S/C14H12Cl2F3N3O/c1-22(2)7-21-12-10(15)4-8(5-11(12)16)9(6-20)13(23-3)14(17,18)19/h4-5,7H,1-3H3. The van der Waals surface area contributed by atoms with E-state index in [1.54, 1.807) is 19.0 Å². The van der Waals surface area contributed by atoms with E-state index in [1.807, 2.05) is 0 Å². The Bertz CT molecular complexity index is 668. The van der Waals surface area contributed by atoms with E-state index in [0.29, 0.717) is 0 Å². The second kappa shape index (κ2) is 7.57. The quantitative estimate of drug-likeness (QED) is 0.337. The van der Waals surface area contributed by atoms with Gasteiger partial charge >= 0.3 is 6.18 Å². The lowest BCUT2D eigenvalue weighted by atomic mass is 10.0. The molecule has 1 aromatic carbocycles. The third-order valence-electron chi connectivity index (χ3n) is 2.52. The number of hydrogen-bond acceptors (Lipinski definition) is 3. The second-order valence-electron chi connectivity index (χ2n) is 4.51. The Morgan fingerprint density at radius 1 is 1.30 bits per heavy atom. The van der Waals surface area contributed by atoms with Gasteiger partial charge in [0.2, 0.25) is 5.76 Å². The van der Waals surface area contributed by atoms with Gasteiger partial charge in [0.1, 0.15) is 17.3 Å². The smallest absolute Gasteiger partial charge is 0.450 e. The monoisotopic (exact) mass is 365 g/mol. The van der Waals surface area contributed by atoms with Gasteiger partial charge in [-0.2, -0.15) is 18.4 Å². The summed E-state index contributed by atoms with van der Waals surface area (Å²) in [6.45, 7) is 0. The van der Waals surface area contributed by atoms with Crippen LogP contribution < -0.4 is 0 Å². The Kier molecular flexibility index (Phi) is 6.30. The molecule has 0 bridgehead atoms. The molecule has 0 radical (unpaired) electrons. The number of halogens is 5. The number of methoxy groups -OCH3 is 1. The molecule has 0 aliphatic heterocycles. The topological polar surface area (TPSA) is 48.6 Å². The van der Waals surface area contributed by atoms with Crippen LogP contribution in [0.4, 0.5) is 18.9 Å². The summed E-state index contributed by atoms with van der Waals surface area (Å²) in [7, 11) is 4.29. The van der Waals surface area contributed by atoms with E-state index in [0.717, 1.165) is 7.11 Å². The lowest BCUT2D eigenvalue weighted by Crippen LogP contribution is -2.15. The lowest BCUT2D eigenvalue weighted by molar-refractivity contribution is -0.124. The van der Waals surface area contributed by atoms with Crippen LogP contribution in [0.5, 0.6) is 0 Å². The number of alkyl halides is 3. The minimum absolute atomic E-state index is 0.0102. The van der Waals surface area contributed by atoms with Crippen molar-refractivity contribution in [1.29, 1.82) is 5.26 Å². The summed E-state index contributed by atoms with van der Waals surface area (Å²) in [6, 6.07) is 3.83. The Hall–Kier alpha value is -1.91. The van der Waals surface area contributed by atoms with E-state index in [1.165, 1.54) is 24.5 Å².